The van der Waals surface area contributed by atoms with Crippen molar-refractivity contribution in [3.05, 3.63) is 52.3 Å². The van der Waals surface area contributed by atoms with Crippen LogP contribution in [-0.2, 0) is 4.74 Å². The predicted molar refractivity (Wildman–Crippen MR) is 78.2 cm³/mol. The second kappa shape index (κ2) is 5.28. The summed E-state index contributed by atoms with van der Waals surface area (Å²) in [5.41, 5.74) is 4.57. The second-order valence-electron chi connectivity index (χ2n) is 4.39. The maximum Gasteiger partial charge on any atom is 0.121 e. The highest BCUT2D eigenvalue weighted by molar-refractivity contribution is 9.10. The molecule has 4 nitrogen and oxygen atoms in total. The van der Waals surface area contributed by atoms with Crippen LogP contribution >= 0.6 is 15.9 Å². The summed E-state index contributed by atoms with van der Waals surface area (Å²) in [6.45, 7) is 0.707. The number of benzene rings is 1. The fourth-order valence-corrected chi connectivity index (χ4v) is 2.81. The van der Waals surface area contributed by atoms with Gasteiger partial charge in [0.1, 0.15) is 11.8 Å². The quantitative estimate of drug-likeness (QED) is 0.674. The number of nitrogens with zero attached hydrogens (tertiary/aromatic N) is 1. The topological polar surface area (TPSA) is 60.2 Å². The minimum Gasteiger partial charge on any atom is -0.496 e. The van der Waals surface area contributed by atoms with E-state index in [2.05, 4.69) is 32.4 Å². The molecule has 0 aliphatic carbocycles. The molecule has 1 aromatic carbocycles. The summed E-state index contributed by atoms with van der Waals surface area (Å²) in [7, 11) is 0. The van der Waals surface area contributed by atoms with Gasteiger partial charge in [-0.3, -0.25) is 5.84 Å². The lowest BCUT2D eigenvalue weighted by Crippen LogP contribution is -2.30. The van der Waals surface area contributed by atoms with Crippen molar-refractivity contribution in [1.29, 1.82) is 0 Å². The van der Waals surface area contributed by atoms with E-state index < -0.39 is 0 Å². The number of ether oxygens (including phenoxy) is 1. The number of aromatic nitrogens is 1. The fraction of sp³-hybridized carbons (Fsp3) is 0.214. The van der Waals surface area contributed by atoms with Crippen molar-refractivity contribution in [2.24, 2.45) is 5.84 Å². The summed E-state index contributed by atoms with van der Waals surface area (Å²) in [5.74, 6) is 6.50. The molecule has 1 atom stereocenters. The largest absolute Gasteiger partial charge is 0.496 e. The molecular weight excluding hydrogens is 306 g/mol. The molecule has 5 heteroatoms. The van der Waals surface area contributed by atoms with Crippen LogP contribution in [0.3, 0.4) is 0 Å². The van der Waals surface area contributed by atoms with Crippen LogP contribution in [0.1, 0.15) is 18.2 Å². The van der Waals surface area contributed by atoms with Gasteiger partial charge in [-0.15, -0.1) is 0 Å². The lowest BCUT2D eigenvalue weighted by molar-refractivity contribution is 0.214. The first-order valence-electron chi connectivity index (χ1n) is 6.14. The van der Waals surface area contributed by atoms with Crippen LogP contribution in [0.4, 0.5) is 0 Å². The number of para-hydroxylation sites is 1. The first kappa shape index (κ1) is 12.6. The van der Waals surface area contributed by atoms with Crippen LogP contribution in [0.25, 0.3) is 10.9 Å². The minimum absolute atomic E-state index is 0.221. The van der Waals surface area contributed by atoms with Gasteiger partial charge in [0.15, 0.2) is 0 Å². The molecule has 0 radical (unpaired) electrons. The van der Waals surface area contributed by atoms with Gasteiger partial charge in [-0.05, 0) is 34.1 Å². The number of hydrazine groups is 1. The van der Waals surface area contributed by atoms with E-state index in [0.717, 1.165) is 33.2 Å². The lowest BCUT2D eigenvalue weighted by atomic mass is 10.1. The Kier molecular flexibility index (Phi) is 3.50. The molecule has 19 heavy (non-hydrogen) atoms. The highest BCUT2D eigenvalue weighted by Gasteiger charge is 2.23. The van der Waals surface area contributed by atoms with E-state index in [9.17, 15) is 0 Å². The summed E-state index contributed by atoms with van der Waals surface area (Å²) in [4.78, 5) is 4.68. The predicted octanol–water partition coefficient (Wildman–Crippen LogP) is 2.81. The standard InChI is InChI=1S/C14H14BrN3O/c15-10-8-9-4-1-2-5-11(9)17-13(10)14(18-16)12-6-3-7-19-12/h1-2,4-6,8,14,18H,3,7,16H2. The maximum atomic E-state index is 5.67. The molecular formula is C14H14BrN3O. The van der Waals surface area contributed by atoms with Crippen molar-refractivity contribution < 1.29 is 4.74 Å². The molecule has 1 unspecified atom stereocenters. The van der Waals surface area contributed by atoms with Gasteiger partial charge in [0, 0.05) is 16.3 Å². The molecule has 1 aliphatic heterocycles. The number of halogens is 1. The number of rotatable bonds is 3. The van der Waals surface area contributed by atoms with Crippen molar-refractivity contribution in [2.45, 2.75) is 12.5 Å². The van der Waals surface area contributed by atoms with Crippen LogP contribution < -0.4 is 11.3 Å². The number of nitrogens with two attached hydrogens (primary N) is 1. The van der Waals surface area contributed by atoms with Gasteiger partial charge in [-0.25, -0.2) is 10.4 Å². The number of hydrogen-bond donors (Lipinski definition) is 2. The molecule has 98 valence electrons. The zero-order valence-corrected chi connectivity index (χ0v) is 11.9. The van der Waals surface area contributed by atoms with Crippen molar-refractivity contribution >= 4 is 26.8 Å². The molecule has 0 saturated carbocycles. The third kappa shape index (κ3) is 2.36. The lowest BCUT2D eigenvalue weighted by Gasteiger charge is -2.18. The van der Waals surface area contributed by atoms with E-state index in [1.807, 2.05) is 30.3 Å². The molecule has 0 bridgehead atoms. The molecule has 2 heterocycles. The van der Waals surface area contributed by atoms with Gasteiger partial charge in [0.05, 0.1) is 17.8 Å². The molecule has 0 spiro atoms. The molecule has 0 amide bonds. The summed E-state index contributed by atoms with van der Waals surface area (Å²) < 4.78 is 6.51. The monoisotopic (exact) mass is 319 g/mol. The number of pyridine rings is 1. The van der Waals surface area contributed by atoms with E-state index in [1.165, 1.54) is 0 Å². The Morgan fingerprint density at radius 1 is 1.37 bits per heavy atom. The van der Waals surface area contributed by atoms with Crippen LogP contribution in [0.15, 0.2) is 46.6 Å². The van der Waals surface area contributed by atoms with E-state index in [1.54, 1.807) is 0 Å². The van der Waals surface area contributed by atoms with Gasteiger partial charge in [0.25, 0.3) is 0 Å². The number of hydrogen-bond acceptors (Lipinski definition) is 4. The highest BCUT2D eigenvalue weighted by atomic mass is 79.9. The van der Waals surface area contributed by atoms with Crippen LogP contribution in [0.5, 0.6) is 0 Å². The summed E-state index contributed by atoms with van der Waals surface area (Å²) in [5, 5.41) is 1.09. The van der Waals surface area contributed by atoms with Crippen molar-refractivity contribution in [3.8, 4) is 0 Å². The average molecular weight is 320 g/mol. The molecule has 2 aromatic rings. The Morgan fingerprint density at radius 2 is 2.21 bits per heavy atom. The van der Waals surface area contributed by atoms with Gasteiger partial charge >= 0.3 is 0 Å². The van der Waals surface area contributed by atoms with E-state index in [4.69, 9.17) is 10.6 Å². The molecule has 0 fully saturated rings. The Balaban J connectivity index is 2.09. The molecule has 3 N–H and O–H groups in total. The average Bonchev–Trinajstić information content (AvgIpc) is 2.94. The van der Waals surface area contributed by atoms with Crippen molar-refractivity contribution in [1.82, 2.24) is 10.4 Å². The third-order valence-electron chi connectivity index (χ3n) is 3.16. The van der Waals surface area contributed by atoms with E-state index in [0.29, 0.717) is 6.61 Å². The first-order chi connectivity index (χ1) is 9.29. The summed E-state index contributed by atoms with van der Waals surface area (Å²) in [6.07, 6.45) is 2.96. The Hall–Kier alpha value is -1.43. The zero-order valence-electron chi connectivity index (χ0n) is 10.3. The Bertz CT molecular complexity index is 642. The summed E-state index contributed by atoms with van der Waals surface area (Å²) in [6, 6.07) is 9.83. The maximum absolute atomic E-state index is 5.67. The fourth-order valence-electron chi connectivity index (χ4n) is 2.24. The normalized spacial score (nSPS) is 16.2. The Morgan fingerprint density at radius 3 is 2.95 bits per heavy atom. The van der Waals surface area contributed by atoms with Gasteiger partial charge in [-0.1, -0.05) is 18.2 Å². The molecule has 0 saturated heterocycles. The SMILES string of the molecule is NNC(C1=CCCO1)c1nc2ccccc2cc1Br. The minimum atomic E-state index is -0.221. The van der Waals surface area contributed by atoms with Gasteiger partial charge in [0.2, 0.25) is 0 Å². The molecule has 1 aliphatic rings. The van der Waals surface area contributed by atoms with Gasteiger partial charge in [-0.2, -0.15) is 0 Å². The van der Waals surface area contributed by atoms with Crippen molar-refractivity contribution in [3.63, 3.8) is 0 Å². The smallest absolute Gasteiger partial charge is 0.121 e. The third-order valence-corrected chi connectivity index (χ3v) is 3.80. The Labute approximate surface area is 119 Å². The summed E-state index contributed by atoms with van der Waals surface area (Å²) >= 11 is 3.57. The van der Waals surface area contributed by atoms with Gasteiger partial charge < -0.3 is 4.74 Å². The van der Waals surface area contributed by atoms with E-state index in [-0.39, 0.29) is 6.04 Å². The number of nitrogens with one attached hydrogen (secondary N) is 1. The van der Waals surface area contributed by atoms with Crippen molar-refractivity contribution in [2.75, 3.05) is 6.61 Å². The second-order valence-corrected chi connectivity index (χ2v) is 5.25. The zero-order chi connectivity index (χ0) is 13.2. The highest BCUT2D eigenvalue weighted by Crippen LogP contribution is 2.31. The van der Waals surface area contributed by atoms with Crippen LogP contribution in [0.2, 0.25) is 0 Å². The van der Waals surface area contributed by atoms with Crippen LogP contribution in [-0.4, -0.2) is 11.6 Å². The first-order valence-corrected chi connectivity index (χ1v) is 6.93. The van der Waals surface area contributed by atoms with E-state index >= 15 is 0 Å². The molecule has 3 rings (SSSR count). The van der Waals surface area contributed by atoms with Crippen LogP contribution in [0, 0.1) is 0 Å². The number of fused-ring (bicyclic) bond motifs is 1. The molecule has 1 aromatic heterocycles.